The van der Waals surface area contributed by atoms with Crippen molar-refractivity contribution in [3.63, 3.8) is 0 Å². The van der Waals surface area contributed by atoms with Gasteiger partial charge in [-0.1, -0.05) is 11.6 Å². The maximum absolute atomic E-state index is 12.6. The van der Waals surface area contributed by atoms with Crippen LogP contribution < -0.4 is 0 Å². The van der Waals surface area contributed by atoms with E-state index in [1.54, 1.807) is 6.92 Å². The summed E-state index contributed by atoms with van der Waals surface area (Å²) in [5.74, 6) is -0.456. The van der Waals surface area contributed by atoms with Crippen molar-refractivity contribution >= 4 is 27.3 Å². The molecule has 0 saturated carbocycles. The smallest absolute Gasteiger partial charge is 0.358 e. The lowest BCUT2D eigenvalue weighted by Gasteiger charge is -2.06. The summed E-state index contributed by atoms with van der Waals surface area (Å²) in [5, 5.41) is 10.5. The lowest BCUT2D eigenvalue weighted by atomic mass is 10.5. The molecular formula is C11H11ClN4O4S. The van der Waals surface area contributed by atoms with E-state index in [9.17, 15) is 18.5 Å². The predicted octanol–water partition coefficient (Wildman–Crippen LogP) is 2.00. The van der Waals surface area contributed by atoms with Gasteiger partial charge in [-0.25, -0.2) is 13.4 Å². The van der Waals surface area contributed by atoms with E-state index >= 15 is 0 Å². The minimum absolute atomic E-state index is 0.231. The van der Waals surface area contributed by atoms with E-state index in [1.165, 1.54) is 29.8 Å². The number of imidazole rings is 1. The summed E-state index contributed by atoms with van der Waals surface area (Å²) in [6, 6.07) is 2.55. The van der Waals surface area contributed by atoms with Crippen LogP contribution in [0.5, 0.6) is 0 Å². The Balaban J connectivity index is 2.75. The molecule has 0 amide bonds. The highest BCUT2D eigenvalue weighted by Crippen LogP contribution is 2.29. The van der Waals surface area contributed by atoms with Gasteiger partial charge in [-0.2, -0.15) is 0 Å². The largest absolute Gasteiger partial charge is 0.401 e. The SMILES string of the molecule is CCn1c(C)nc([N+](=O)[O-])c1S(=O)(=O)c1ccc(Cl)cn1. The number of sulfone groups is 1. The first-order valence-electron chi connectivity index (χ1n) is 5.87. The number of rotatable bonds is 4. The Kier molecular flexibility index (Phi) is 3.97. The van der Waals surface area contributed by atoms with Crippen molar-refractivity contribution in [1.29, 1.82) is 0 Å². The van der Waals surface area contributed by atoms with Crippen LogP contribution in [0.4, 0.5) is 5.82 Å². The Morgan fingerprint density at radius 2 is 2.10 bits per heavy atom. The topological polar surface area (TPSA) is 108 Å². The van der Waals surface area contributed by atoms with Crippen LogP contribution in [0.15, 0.2) is 28.4 Å². The van der Waals surface area contributed by atoms with E-state index in [-0.39, 0.29) is 22.4 Å². The predicted molar refractivity (Wildman–Crippen MR) is 74.0 cm³/mol. The van der Waals surface area contributed by atoms with Gasteiger partial charge in [0, 0.05) is 19.7 Å². The van der Waals surface area contributed by atoms with Crippen molar-refractivity contribution in [2.45, 2.75) is 30.4 Å². The Labute approximate surface area is 125 Å². The van der Waals surface area contributed by atoms with E-state index in [0.717, 1.165) is 0 Å². The molecule has 0 aromatic carbocycles. The molecule has 0 unspecified atom stereocenters. The van der Waals surface area contributed by atoms with Crippen LogP contribution >= 0.6 is 11.6 Å². The number of pyridine rings is 1. The molecule has 10 heteroatoms. The van der Waals surface area contributed by atoms with Gasteiger partial charge in [-0.3, -0.25) is 4.57 Å². The van der Waals surface area contributed by atoms with Gasteiger partial charge in [0.15, 0.2) is 5.03 Å². The van der Waals surface area contributed by atoms with Crippen LogP contribution in [0.3, 0.4) is 0 Å². The third kappa shape index (κ3) is 2.61. The van der Waals surface area contributed by atoms with Crippen LogP contribution in [0.25, 0.3) is 0 Å². The third-order valence-electron chi connectivity index (χ3n) is 2.81. The minimum atomic E-state index is -4.16. The molecule has 0 radical (unpaired) electrons. The minimum Gasteiger partial charge on any atom is -0.358 e. The molecule has 8 nitrogen and oxygen atoms in total. The van der Waals surface area contributed by atoms with Crippen molar-refractivity contribution in [3.8, 4) is 0 Å². The summed E-state index contributed by atoms with van der Waals surface area (Å²) in [4.78, 5) is 17.7. The number of aryl methyl sites for hydroxylation is 1. The second kappa shape index (κ2) is 5.41. The van der Waals surface area contributed by atoms with Gasteiger partial charge < -0.3 is 10.1 Å². The van der Waals surface area contributed by atoms with E-state index < -0.39 is 25.6 Å². The highest BCUT2D eigenvalue weighted by Gasteiger charge is 2.36. The molecule has 0 spiro atoms. The van der Waals surface area contributed by atoms with Crippen LogP contribution in [0.2, 0.25) is 5.02 Å². The van der Waals surface area contributed by atoms with Gasteiger partial charge in [0.2, 0.25) is 20.7 Å². The average molecular weight is 331 g/mol. The molecular weight excluding hydrogens is 320 g/mol. The zero-order chi connectivity index (χ0) is 15.8. The lowest BCUT2D eigenvalue weighted by Crippen LogP contribution is -2.13. The molecule has 0 bridgehead atoms. The maximum atomic E-state index is 12.6. The van der Waals surface area contributed by atoms with Crippen molar-refractivity contribution in [2.75, 3.05) is 0 Å². The Hall–Kier alpha value is -2.00. The molecule has 2 aromatic rings. The standard InChI is InChI=1S/C11H11ClN4O4S/c1-3-15-7(2)14-10(16(17)18)11(15)21(19,20)9-5-4-8(12)6-13-9/h4-6H,3H2,1-2H3. The fourth-order valence-electron chi connectivity index (χ4n) is 1.91. The van der Waals surface area contributed by atoms with Crippen LogP contribution in [-0.4, -0.2) is 27.9 Å². The summed E-state index contributed by atoms with van der Waals surface area (Å²) >= 11 is 5.67. The van der Waals surface area contributed by atoms with Gasteiger partial charge >= 0.3 is 5.82 Å². The Morgan fingerprint density at radius 1 is 1.43 bits per heavy atom. The van der Waals surface area contributed by atoms with Gasteiger partial charge in [0.1, 0.15) is 0 Å². The molecule has 2 heterocycles. The molecule has 0 aliphatic heterocycles. The van der Waals surface area contributed by atoms with Crippen LogP contribution in [0.1, 0.15) is 12.7 Å². The summed E-state index contributed by atoms with van der Waals surface area (Å²) in [6.07, 6.45) is 1.17. The fraction of sp³-hybridized carbons (Fsp3) is 0.273. The third-order valence-corrected chi connectivity index (χ3v) is 4.74. The summed E-state index contributed by atoms with van der Waals surface area (Å²) in [5.41, 5.74) is 0. The number of aromatic nitrogens is 3. The molecule has 2 aromatic heterocycles. The van der Waals surface area contributed by atoms with Crippen molar-refractivity contribution < 1.29 is 13.3 Å². The molecule has 112 valence electrons. The summed E-state index contributed by atoms with van der Waals surface area (Å²) in [6.45, 7) is 3.41. The Morgan fingerprint density at radius 3 is 2.57 bits per heavy atom. The molecule has 0 atom stereocenters. The summed E-state index contributed by atoms with van der Waals surface area (Å²) in [7, 11) is -4.16. The first-order valence-corrected chi connectivity index (χ1v) is 7.73. The first-order chi connectivity index (χ1) is 9.78. The number of nitrogens with zero attached hydrogens (tertiary/aromatic N) is 4. The van der Waals surface area contributed by atoms with E-state index in [4.69, 9.17) is 11.6 Å². The van der Waals surface area contributed by atoms with E-state index in [1.807, 2.05) is 0 Å². The van der Waals surface area contributed by atoms with Crippen molar-refractivity contribution in [2.24, 2.45) is 0 Å². The zero-order valence-electron chi connectivity index (χ0n) is 11.1. The van der Waals surface area contributed by atoms with Crippen molar-refractivity contribution in [1.82, 2.24) is 14.5 Å². The number of halogens is 1. The fourth-order valence-corrected chi connectivity index (χ4v) is 3.57. The maximum Gasteiger partial charge on any atom is 0.401 e. The monoisotopic (exact) mass is 330 g/mol. The highest BCUT2D eigenvalue weighted by atomic mass is 35.5. The molecule has 2 rings (SSSR count). The molecule has 0 aliphatic rings. The second-order valence-corrected chi connectivity index (χ2v) is 6.36. The van der Waals surface area contributed by atoms with Gasteiger partial charge in [0.05, 0.1) is 5.02 Å². The molecule has 0 N–H and O–H groups in total. The van der Waals surface area contributed by atoms with Gasteiger partial charge in [0.25, 0.3) is 0 Å². The average Bonchev–Trinajstić information content (AvgIpc) is 2.77. The number of hydrogen-bond donors (Lipinski definition) is 0. The van der Waals surface area contributed by atoms with Crippen LogP contribution in [-0.2, 0) is 16.4 Å². The van der Waals surface area contributed by atoms with E-state index in [2.05, 4.69) is 9.97 Å². The second-order valence-electron chi connectivity index (χ2n) is 4.11. The highest BCUT2D eigenvalue weighted by molar-refractivity contribution is 7.91. The van der Waals surface area contributed by atoms with Gasteiger partial charge in [-0.05, 0) is 29.0 Å². The van der Waals surface area contributed by atoms with Gasteiger partial charge in [-0.15, -0.1) is 0 Å². The molecule has 0 fully saturated rings. The molecule has 21 heavy (non-hydrogen) atoms. The number of nitro groups is 1. The molecule has 0 saturated heterocycles. The number of hydrogen-bond acceptors (Lipinski definition) is 6. The molecule has 0 aliphatic carbocycles. The quantitative estimate of drug-likeness (QED) is 0.626. The normalized spacial score (nSPS) is 11.6. The first kappa shape index (κ1) is 15.4. The zero-order valence-corrected chi connectivity index (χ0v) is 12.7. The lowest BCUT2D eigenvalue weighted by molar-refractivity contribution is -0.392. The summed E-state index contributed by atoms with van der Waals surface area (Å²) < 4.78 is 26.5. The Bertz CT molecular complexity index is 798. The van der Waals surface area contributed by atoms with E-state index in [0.29, 0.717) is 0 Å². The van der Waals surface area contributed by atoms with Crippen molar-refractivity contribution in [3.05, 3.63) is 39.3 Å². The van der Waals surface area contributed by atoms with Crippen LogP contribution in [0, 0.1) is 17.0 Å².